The third-order valence-electron chi connectivity index (χ3n) is 2.53. The number of aryl methyl sites for hydroxylation is 2. The van der Waals surface area contributed by atoms with Crippen LogP contribution in [0, 0.1) is 13.8 Å². The standard InChI is InChI=1S/C11H21N5O2/c1-8-10(9(2)18-16-8)7-14-11(15-12)13-5-4-6-17-3/h4-7,12H2,1-3H3,(H2,13,14,15). The molecule has 0 atom stereocenters. The van der Waals surface area contributed by atoms with E-state index in [2.05, 4.69) is 20.9 Å². The Kier molecular flexibility index (Phi) is 6.16. The van der Waals surface area contributed by atoms with Crippen LogP contribution < -0.4 is 16.6 Å². The smallest absolute Gasteiger partial charge is 0.206 e. The Morgan fingerprint density at radius 1 is 1.50 bits per heavy atom. The number of aliphatic imine (C=N–C) groups is 1. The lowest BCUT2D eigenvalue weighted by molar-refractivity contribution is 0.195. The van der Waals surface area contributed by atoms with Gasteiger partial charge in [0.1, 0.15) is 5.76 Å². The Bertz CT molecular complexity index is 369. The first kappa shape index (κ1) is 14.5. The molecule has 0 amide bonds. The summed E-state index contributed by atoms with van der Waals surface area (Å²) in [7, 11) is 1.67. The van der Waals surface area contributed by atoms with Crippen LogP contribution in [0.15, 0.2) is 9.52 Å². The van der Waals surface area contributed by atoms with Gasteiger partial charge in [-0.1, -0.05) is 5.16 Å². The quantitative estimate of drug-likeness (QED) is 0.221. The van der Waals surface area contributed by atoms with Gasteiger partial charge < -0.3 is 14.6 Å². The van der Waals surface area contributed by atoms with Crippen LogP contribution in [0.2, 0.25) is 0 Å². The van der Waals surface area contributed by atoms with E-state index in [4.69, 9.17) is 15.1 Å². The number of methoxy groups -OCH3 is 1. The van der Waals surface area contributed by atoms with Crippen LogP contribution in [0.25, 0.3) is 0 Å². The summed E-state index contributed by atoms with van der Waals surface area (Å²) in [5, 5.41) is 6.96. The molecule has 0 spiro atoms. The van der Waals surface area contributed by atoms with Crippen molar-refractivity contribution in [2.45, 2.75) is 26.8 Å². The maximum atomic E-state index is 5.39. The number of guanidine groups is 1. The normalized spacial score (nSPS) is 11.7. The van der Waals surface area contributed by atoms with Gasteiger partial charge in [0.25, 0.3) is 0 Å². The SMILES string of the molecule is COCCCNC(=NCc1c(C)noc1C)NN. The van der Waals surface area contributed by atoms with Gasteiger partial charge in [-0.25, -0.2) is 10.8 Å². The summed E-state index contributed by atoms with van der Waals surface area (Å²) < 4.78 is 10.0. The van der Waals surface area contributed by atoms with E-state index in [1.54, 1.807) is 7.11 Å². The molecule has 1 aromatic rings. The first-order valence-corrected chi connectivity index (χ1v) is 5.84. The minimum atomic E-state index is 0.484. The van der Waals surface area contributed by atoms with E-state index in [0.29, 0.717) is 19.1 Å². The number of hydrogen-bond donors (Lipinski definition) is 3. The number of nitrogens with two attached hydrogens (primary N) is 1. The molecule has 0 bridgehead atoms. The van der Waals surface area contributed by atoms with E-state index in [1.165, 1.54) is 0 Å². The molecule has 0 aliphatic carbocycles. The fourth-order valence-corrected chi connectivity index (χ4v) is 1.46. The van der Waals surface area contributed by atoms with Gasteiger partial charge in [-0.15, -0.1) is 0 Å². The molecule has 4 N–H and O–H groups in total. The highest BCUT2D eigenvalue weighted by Crippen LogP contribution is 2.12. The molecule has 1 aromatic heterocycles. The zero-order valence-corrected chi connectivity index (χ0v) is 11.1. The predicted octanol–water partition coefficient (Wildman–Crippen LogP) is 0.237. The molecule has 1 heterocycles. The van der Waals surface area contributed by atoms with Crippen LogP contribution in [0.5, 0.6) is 0 Å². The molecule has 0 unspecified atom stereocenters. The summed E-state index contributed by atoms with van der Waals surface area (Å²) in [4.78, 5) is 4.33. The van der Waals surface area contributed by atoms with Gasteiger partial charge in [-0.05, 0) is 20.3 Å². The van der Waals surface area contributed by atoms with E-state index in [9.17, 15) is 0 Å². The van der Waals surface area contributed by atoms with Gasteiger partial charge in [0, 0.05) is 25.8 Å². The molecule has 102 valence electrons. The minimum Gasteiger partial charge on any atom is -0.385 e. The Morgan fingerprint density at radius 3 is 2.83 bits per heavy atom. The maximum absolute atomic E-state index is 5.39. The second-order valence-corrected chi connectivity index (χ2v) is 3.89. The summed E-state index contributed by atoms with van der Waals surface area (Å²) in [6, 6.07) is 0. The zero-order valence-electron chi connectivity index (χ0n) is 11.1. The number of ether oxygens (including phenoxy) is 1. The maximum Gasteiger partial charge on any atom is 0.206 e. The van der Waals surface area contributed by atoms with Gasteiger partial charge >= 0.3 is 0 Å². The van der Waals surface area contributed by atoms with Gasteiger partial charge in [-0.2, -0.15) is 0 Å². The highest BCUT2D eigenvalue weighted by atomic mass is 16.5. The molecule has 0 saturated carbocycles. The molecule has 0 aromatic carbocycles. The molecule has 0 saturated heterocycles. The molecule has 7 nitrogen and oxygen atoms in total. The lowest BCUT2D eigenvalue weighted by Gasteiger charge is -2.08. The first-order valence-electron chi connectivity index (χ1n) is 5.84. The topological polar surface area (TPSA) is 97.7 Å². The summed E-state index contributed by atoms with van der Waals surface area (Å²) in [6.45, 7) is 5.69. The first-order chi connectivity index (χ1) is 8.69. The zero-order chi connectivity index (χ0) is 13.4. The van der Waals surface area contributed by atoms with E-state index >= 15 is 0 Å². The average Bonchev–Trinajstić information content (AvgIpc) is 2.69. The lowest BCUT2D eigenvalue weighted by Crippen LogP contribution is -2.42. The van der Waals surface area contributed by atoms with Gasteiger partial charge in [0.05, 0.1) is 12.2 Å². The number of nitrogens with one attached hydrogen (secondary N) is 2. The summed E-state index contributed by atoms with van der Waals surface area (Å²) in [5.41, 5.74) is 4.37. The van der Waals surface area contributed by atoms with Crippen LogP contribution in [0.3, 0.4) is 0 Å². The largest absolute Gasteiger partial charge is 0.385 e. The van der Waals surface area contributed by atoms with Crippen molar-refractivity contribution < 1.29 is 9.26 Å². The number of hydrogen-bond acceptors (Lipinski definition) is 5. The molecule has 18 heavy (non-hydrogen) atoms. The fraction of sp³-hybridized carbons (Fsp3) is 0.636. The molecular formula is C11H21N5O2. The van der Waals surface area contributed by atoms with Crippen molar-refractivity contribution in [2.75, 3.05) is 20.3 Å². The number of nitrogens with zero attached hydrogens (tertiary/aromatic N) is 2. The third kappa shape index (κ3) is 4.34. The Morgan fingerprint density at radius 2 is 2.28 bits per heavy atom. The van der Waals surface area contributed by atoms with E-state index in [0.717, 1.165) is 30.0 Å². The Labute approximate surface area is 107 Å². The highest BCUT2D eigenvalue weighted by Gasteiger charge is 2.08. The summed E-state index contributed by atoms with van der Waals surface area (Å²) in [6.07, 6.45) is 0.891. The van der Waals surface area contributed by atoms with E-state index in [1.807, 2.05) is 13.8 Å². The van der Waals surface area contributed by atoms with Gasteiger partial charge in [0.2, 0.25) is 5.96 Å². The molecule has 0 radical (unpaired) electrons. The van der Waals surface area contributed by atoms with Crippen molar-refractivity contribution >= 4 is 5.96 Å². The summed E-state index contributed by atoms with van der Waals surface area (Å²) >= 11 is 0. The molecule has 0 aliphatic heterocycles. The Balaban J connectivity index is 2.47. The third-order valence-corrected chi connectivity index (χ3v) is 2.53. The fourth-order valence-electron chi connectivity index (χ4n) is 1.46. The van der Waals surface area contributed by atoms with Crippen LogP contribution in [0.1, 0.15) is 23.4 Å². The molecular weight excluding hydrogens is 234 g/mol. The number of aromatic nitrogens is 1. The average molecular weight is 255 g/mol. The van der Waals surface area contributed by atoms with E-state index < -0.39 is 0 Å². The number of hydrazine groups is 1. The van der Waals surface area contributed by atoms with E-state index in [-0.39, 0.29) is 0 Å². The van der Waals surface area contributed by atoms with Crippen LogP contribution in [0.4, 0.5) is 0 Å². The second kappa shape index (κ2) is 7.67. The predicted molar refractivity (Wildman–Crippen MR) is 68.9 cm³/mol. The minimum absolute atomic E-state index is 0.484. The summed E-state index contributed by atoms with van der Waals surface area (Å²) in [5.74, 6) is 6.72. The van der Waals surface area contributed by atoms with Crippen LogP contribution >= 0.6 is 0 Å². The molecule has 1 rings (SSSR count). The van der Waals surface area contributed by atoms with Crippen molar-refractivity contribution in [1.82, 2.24) is 15.9 Å². The van der Waals surface area contributed by atoms with Crippen molar-refractivity contribution in [3.8, 4) is 0 Å². The van der Waals surface area contributed by atoms with Crippen LogP contribution in [-0.4, -0.2) is 31.4 Å². The Hall–Kier alpha value is -1.60. The van der Waals surface area contributed by atoms with Gasteiger partial charge in [-0.3, -0.25) is 5.43 Å². The highest BCUT2D eigenvalue weighted by molar-refractivity contribution is 5.79. The second-order valence-electron chi connectivity index (χ2n) is 3.89. The lowest BCUT2D eigenvalue weighted by atomic mass is 10.2. The molecule has 0 fully saturated rings. The van der Waals surface area contributed by atoms with Crippen molar-refractivity contribution in [3.05, 3.63) is 17.0 Å². The van der Waals surface area contributed by atoms with Crippen molar-refractivity contribution in [2.24, 2.45) is 10.8 Å². The van der Waals surface area contributed by atoms with Crippen molar-refractivity contribution in [1.29, 1.82) is 0 Å². The monoisotopic (exact) mass is 255 g/mol. The van der Waals surface area contributed by atoms with Crippen LogP contribution in [-0.2, 0) is 11.3 Å². The van der Waals surface area contributed by atoms with Crippen molar-refractivity contribution in [3.63, 3.8) is 0 Å². The van der Waals surface area contributed by atoms with Gasteiger partial charge in [0.15, 0.2) is 0 Å². The molecule has 7 heteroatoms. The molecule has 0 aliphatic rings. The number of rotatable bonds is 6.